The molecule has 0 fully saturated rings. The van der Waals surface area contributed by atoms with Gasteiger partial charge in [0.1, 0.15) is 17.9 Å². The van der Waals surface area contributed by atoms with Crippen molar-refractivity contribution >= 4 is 23.4 Å². The number of aryl methyl sites for hydroxylation is 2. The highest BCUT2D eigenvalue weighted by atomic mass is 16.5. The van der Waals surface area contributed by atoms with Gasteiger partial charge in [0.15, 0.2) is 5.78 Å². The number of rotatable bonds is 9. The van der Waals surface area contributed by atoms with Crippen LogP contribution in [0.5, 0.6) is 5.75 Å². The fraction of sp³-hybridized carbons (Fsp3) is 0.172. The van der Waals surface area contributed by atoms with Gasteiger partial charge in [-0.1, -0.05) is 48.5 Å². The molecule has 0 aliphatic rings. The molecule has 0 saturated heterocycles. The Morgan fingerprint density at radius 2 is 1.62 bits per heavy atom. The number of hydrogen-bond acceptors (Lipinski definition) is 5. The zero-order chi connectivity index (χ0) is 24.5. The van der Waals surface area contributed by atoms with E-state index in [1.807, 2.05) is 42.5 Å². The minimum absolute atomic E-state index is 0.0810. The van der Waals surface area contributed by atoms with Gasteiger partial charge in [-0.15, -0.1) is 0 Å². The third kappa shape index (κ3) is 6.23. The first-order valence-electron chi connectivity index (χ1n) is 10.8. The van der Waals surface area contributed by atoms with Gasteiger partial charge < -0.3 is 14.2 Å². The molecule has 0 bridgehead atoms. The van der Waals surface area contributed by atoms with Crippen molar-refractivity contribution < 1.29 is 23.8 Å². The largest absolute Gasteiger partial charge is 0.503 e. The van der Waals surface area contributed by atoms with Crippen LogP contribution >= 0.6 is 0 Å². The van der Waals surface area contributed by atoms with Crippen LogP contribution in [0, 0.1) is 13.8 Å². The Morgan fingerprint density at radius 3 is 2.29 bits per heavy atom. The summed E-state index contributed by atoms with van der Waals surface area (Å²) in [5, 5.41) is 0. The summed E-state index contributed by atoms with van der Waals surface area (Å²) in [6, 6.07) is 20.5. The molecule has 3 aromatic rings. The third-order valence-corrected chi connectivity index (χ3v) is 5.44. The summed E-state index contributed by atoms with van der Waals surface area (Å²) in [4.78, 5) is 24.7. The lowest BCUT2D eigenvalue weighted by Gasteiger charge is -2.13. The summed E-state index contributed by atoms with van der Waals surface area (Å²) in [6.45, 7) is 4.34. The van der Waals surface area contributed by atoms with E-state index < -0.39 is 5.97 Å². The van der Waals surface area contributed by atoms with Crippen molar-refractivity contribution in [2.45, 2.75) is 20.5 Å². The van der Waals surface area contributed by atoms with Gasteiger partial charge in [0, 0.05) is 5.56 Å². The molecule has 0 aliphatic carbocycles. The number of hydrogen-bond donors (Lipinski definition) is 0. The fourth-order valence-corrected chi connectivity index (χ4v) is 3.37. The van der Waals surface area contributed by atoms with Crippen LogP contribution in [0.2, 0.25) is 0 Å². The Balaban J connectivity index is 1.68. The summed E-state index contributed by atoms with van der Waals surface area (Å²) in [6.07, 6.45) is 4.76. The lowest BCUT2D eigenvalue weighted by molar-refractivity contribution is -0.133. The van der Waals surface area contributed by atoms with Crippen LogP contribution in [0.3, 0.4) is 0 Å². The first-order chi connectivity index (χ1) is 16.4. The Kier molecular flexibility index (Phi) is 8.41. The molecule has 174 valence electrons. The van der Waals surface area contributed by atoms with Crippen molar-refractivity contribution in [2.24, 2.45) is 0 Å². The van der Waals surface area contributed by atoms with E-state index in [9.17, 15) is 9.59 Å². The number of esters is 1. The molecule has 0 radical (unpaired) electrons. The number of carbonyl (C=O) groups is 2. The van der Waals surface area contributed by atoms with Gasteiger partial charge in [-0.3, -0.25) is 4.79 Å². The van der Waals surface area contributed by atoms with Crippen LogP contribution in [-0.4, -0.2) is 26.0 Å². The molecule has 0 heterocycles. The number of ketones is 1. The number of methoxy groups -OCH3 is 2. The van der Waals surface area contributed by atoms with Crippen molar-refractivity contribution in [2.75, 3.05) is 14.2 Å². The molecule has 0 unspecified atom stereocenters. The fourth-order valence-electron chi connectivity index (χ4n) is 3.37. The maximum absolute atomic E-state index is 12.5. The van der Waals surface area contributed by atoms with E-state index >= 15 is 0 Å². The summed E-state index contributed by atoms with van der Waals surface area (Å²) in [7, 11) is 2.80. The zero-order valence-electron chi connectivity index (χ0n) is 19.8. The van der Waals surface area contributed by atoms with Gasteiger partial charge in [-0.2, -0.15) is 0 Å². The number of ether oxygens (including phenoxy) is 3. The molecule has 0 saturated carbocycles. The molecule has 0 spiro atoms. The van der Waals surface area contributed by atoms with Gasteiger partial charge in [-0.05, 0) is 72.0 Å². The van der Waals surface area contributed by atoms with Crippen LogP contribution in [0.1, 0.15) is 38.2 Å². The van der Waals surface area contributed by atoms with Crippen molar-refractivity contribution in [3.63, 3.8) is 0 Å². The molecule has 0 atom stereocenters. The number of allylic oxidation sites excluding steroid dienone is 1. The standard InChI is InChI=1S/C29H28O5/c1-20-9-10-22(17-21(20)2)11-16-28(30)23-12-14-25(15-13-23)34-18-24-7-5-6-8-26(24)27(19-32-3)29(31)33-4/h5-17,19H,18H2,1-4H3/b16-11+,27-19+. The van der Waals surface area contributed by atoms with E-state index in [0.29, 0.717) is 22.4 Å². The monoisotopic (exact) mass is 456 g/mol. The van der Waals surface area contributed by atoms with Crippen LogP contribution < -0.4 is 4.74 Å². The lowest BCUT2D eigenvalue weighted by atomic mass is 10.0. The van der Waals surface area contributed by atoms with Crippen molar-refractivity contribution in [1.82, 2.24) is 0 Å². The number of benzene rings is 3. The number of carbonyl (C=O) groups excluding carboxylic acids is 2. The molecule has 3 rings (SSSR count). The Hall–Kier alpha value is -4.12. The Labute approximate surface area is 200 Å². The minimum Gasteiger partial charge on any atom is -0.503 e. The Bertz CT molecular complexity index is 1220. The maximum atomic E-state index is 12.5. The second-order valence-corrected chi connectivity index (χ2v) is 7.77. The van der Waals surface area contributed by atoms with Crippen molar-refractivity contribution in [1.29, 1.82) is 0 Å². The van der Waals surface area contributed by atoms with Crippen LogP contribution in [-0.2, 0) is 20.9 Å². The highest BCUT2D eigenvalue weighted by Gasteiger charge is 2.17. The minimum atomic E-state index is -0.494. The molecule has 0 aliphatic heterocycles. The van der Waals surface area contributed by atoms with Gasteiger partial charge in [0.25, 0.3) is 0 Å². The summed E-state index contributed by atoms with van der Waals surface area (Å²) >= 11 is 0. The van der Waals surface area contributed by atoms with Crippen molar-refractivity contribution in [3.8, 4) is 5.75 Å². The lowest BCUT2D eigenvalue weighted by Crippen LogP contribution is -2.08. The van der Waals surface area contributed by atoms with Crippen molar-refractivity contribution in [3.05, 3.63) is 112 Å². The summed E-state index contributed by atoms with van der Waals surface area (Å²) in [5.41, 5.74) is 5.74. The highest BCUT2D eigenvalue weighted by Crippen LogP contribution is 2.23. The second-order valence-electron chi connectivity index (χ2n) is 7.77. The predicted octanol–water partition coefficient (Wildman–Crippen LogP) is 5.94. The first-order valence-corrected chi connectivity index (χ1v) is 10.8. The van der Waals surface area contributed by atoms with E-state index in [-0.39, 0.29) is 12.4 Å². The molecule has 0 N–H and O–H groups in total. The van der Waals surface area contributed by atoms with Gasteiger partial charge in [0.05, 0.1) is 20.5 Å². The van der Waals surface area contributed by atoms with Crippen LogP contribution in [0.25, 0.3) is 11.6 Å². The first kappa shape index (κ1) is 24.5. The molecule has 5 nitrogen and oxygen atoms in total. The average Bonchev–Trinajstić information content (AvgIpc) is 2.86. The maximum Gasteiger partial charge on any atom is 0.341 e. The zero-order valence-corrected chi connectivity index (χ0v) is 19.8. The summed E-state index contributed by atoms with van der Waals surface area (Å²) in [5.74, 6) is 0.0356. The van der Waals surface area contributed by atoms with Crippen LogP contribution in [0.4, 0.5) is 0 Å². The molecular formula is C29H28O5. The molecule has 0 aromatic heterocycles. The van der Waals surface area contributed by atoms with Gasteiger partial charge in [-0.25, -0.2) is 4.79 Å². The van der Waals surface area contributed by atoms with Gasteiger partial charge in [0.2, 0.25) is 0 Å². The molecule has 0 amide bonds. The molecule has 5 heteroatoms. The molecule has 3 aromatic carbocycles. The van der Waals surface area contributed by atoms with Gasteiger partial charge >= 0.3 is 5.97 Å². The SMILES string of the molecule is CO/C=C(/C(=O)OC)c1ccccc1COc1ccc(C(=O)/C=C/c2ccc(C)c(C)c2)cc1. The third-order valence-electron chi connectivity index (χ3n) is 5.44. The second kappa shape index (κ2) is 11.7. The smallest absolute Gasteiger partial charge is 0.341 e. The predicted molar refractivity (Wildman–Crippen MR) is 133 cm³/mol. The quantitative estimate of drug-likeness (QED) is 0.173. The van der Waals surface area contributed by atoms with E-state index in [1.165, 1.54) is 31.6 Å². The van der Waals surface area contributed by atoms with E-state index in [4.69, 9.17) is 14.2 Å². The van der Waals surface area contributed by atoms with E-state index in [2.05, 4.69) is 19.9 Å². The van der Waals surface area contributed by atoms with Crippen LogP contribution in [0.15, 0.2) is 79.1 Å². The molecular weight excluding hydrogens is 428 g/mol. The summed E-state index contributed by atoms with van der Waals surface area (Å²) < 4.78 is 15.8. The molecule has 34 heavy (non-hydrogen) atoms. The average molecular weight is 457 g/mol. The highest BCUT2D eigenvalue weighted by molar-refractivity contribution is 6.16. The van der Waals surface area contributed by atoms with E-state index in [0.717, 1.165) is 11.1 Å². The Morgan fingerprint density at radius 1 is 0.882 bits per heavy atom. The normalized spacial score (nSPS) is 11.4. The van der Waals surface area contributed by atoms with E-state index in [1.54, 1.807) is 30.3 Å². The topological polar surface area (TPSA) is 61.8 Å².